The Labute approximate surface area is 126 Å². The van der Waals surface area contributed by atoms with Crippen molar-refractivity contribution < 1.29 is 19.5 Å². The average Bonchev–Trinajstić information content (AvgIpc) is 2.40. The Morgan fingerprint density at radius 2 is 1.67 bits per heavy atom. The molecule has 0 aliphatic carbocycles. The van der Waals surface area contributed by atoms with Crippen LogP contribution < -0.4 is 0 Å². The van der Waals surface area contributed by atoms with Crippen molar-refractivity contribution in [3.8, 4) is 0 Å². The van der Waals surface area contributed by atoms with E-state index in [9.17, 15) is 5.11 Å². The quantitative estimate of drug-likeness (QED) is 0.335. The second-order valence-corrected chi connectivity index (χ2v) is 4.74. The molecule has 114 valence electrons. The van der Waals surface area contributed by atoms with Gasteiger partial charge in [-0.3, -0.25) is 0 Å². The molecule has 0 saturated heterocycles. The second-order valence-electron chi connectivity index (χ2n) is 4.74. The molecule has 4 heteroatoms. The molecule has 1 aromatic carbocycles. The smallest absolute Gasteiger partial charge is 0.140 e. The Balaban J connectivity index is 0.00000122. The fraction of sp³-hybridized carbons (Fsp3) is 0.235. The van der Waals surface area contributed by atoms with Crippen LogP contribution in [0.2, 0.25) is 0 Å². The van der Waals surface area contributed by atoms with Crippen molar-refractivity contribution >= 4 is 6.47 Å². The Morgan fingerprint density at radius 3 is 2.05 bits per heavy atom. The zero-order chi connectivity index (χ0) is 16.1. The molecule has 0 heterocycles. The van der Waals surface area contributed by atoms with E-state index in [1.165, 1.54) is 5.56 Å². The zero-order valence-corrected chi connectivity index (χ0v) is 12.2. The third kappa shape index (κ3) is 7.74. The van der Waals surface area contributed by atoms with Gasteiger partial charge in [0.25, 0.3) is 0 Å². The molecule has 0 saturated carbocycles. The van der Waals surface area contributed by atoms with Crippen LogP contribution in [0.1, 0.15) is 5.56 Å². The van der Waals surface area contributed by atoms with E-state index in [4.69, 9.17) is 9.90 Å². The van der Waals surface area contributed by atoms with Crippen molar-refractivity contribution in [3.05, 3.63) is 73.5 Å². The number of hydrogen-bond donors (Lipinski definition) is 2. The lowest BCUT2D eigenvalue weighted by molar-refractivity contribution is -0.927. The summed E-state index contributed by atoms with van der Waals surface area (Å²) < 4.78 is 0.673. The minimum absolute atomic E-state index is 0.203. The third-order valence-electron chi connectivity index (χ3n) is 2.91. The lowest BCUT2D eigenvalue weighted by Gasteiger charge is -2.36. The van der Waals surface area contributed by atoms with Gasteiger partial charge in [-0.05, 0) is 12.2 Å². The Bertz CT molecular complexity index is 444. The van der Waals surface area contributed by atoms with Crippen LogP contribution >= 0.6 is 0 Å². The van der Waals surface area contributed by atoms with Gasteiger partial charge in [0.1, 0.15) is 18.8 Å². The molecule has 0 aliphatic rings. The summed E-state index contributed by atoms with van der Waals surface area (Å²) in [6.07, 6.45) is 3.77. The molecule has 0 radical (unpaired) electrons. The molecule has 0 bridgehead atoms. The van der Waals surface area contributed by atoms with Gasteiger partial charge in [-0.2, -0.15) is 0 Å². The molecule has 2 N–H and O–H groups in total. The Morgan fingerprint density at radius 1 is 1.19 bits per heavy atom. The van der Waals surface area contributed by atoms with Gasteiger partial charge in [-0.1, -0.05) is 56.5 Å². The van der Waals surface area contributed by atoms with Gasteiger partial charge < -0.3 is 19.5 Å². The first-order valence-corrected chi connectivity index (χ1v) is 6.52. The van der Waals surface area contributed by atoms with E-state index in [0.29, 0.717) is 17.5 Å². The van der Waals surface area contributed by atoms with Gasteiger partial charge in [-0.25, -0.2) is 0 Å². The first-order chi connectivity index (χ1) is 10.0. The van der Waals surface area contributed by atoms with Gasteiger partial charge >= 0.3 is 0 Å². The average molecular weight is 289 g/mol. The first-order valence-electron chi connectivity index (χ1n) is 6.52. The molecule has 0 spiro atoms. The summed E-state index contributed by atoms with van der Waals surface area (Å²) in [6.45, 7) is 14.7. The van der Waals surface area contributed by atoms with E-state index >= 15 is 0 Å². The van der Waals surface area contributed by atoms with Crippen molar-refractivity contribution in [2.75, 3.05) is 19.6 Å². The van der Waals surface area contributed by atoms with Gasteiger partial charge in [-0.15, -0.1) is 0 Å². The highest BCUT2D eigenvalue weighted by atomic mass is 16.3. The van der Waals surface area contributed by atoms with E-state index in [0.717, 1.165) is 19.6 Å². The summed E-state index contributed by atoms with van der Waals surface area (Å²) >= 11 is 0. The monoisotopic (exact) mass is 289 g/mol. The molecule has 1 rings (SSSR count). The van der Waals surface area contributed by atoms with Crippen LogP contribution in [0.4, 0.5) is 0 Å². The van der Waals surface area contributed by atoms with Crippen LogP contribution in [-0.2, 0) is 11.3 Å². The molecule has 0 aliphatic heterocycles. The summed E-state index contributed by atoms with van der Waals surface area (Å²) in [5.74, 6) is 0.203. The lowest BCUT2D eigenvalue weighted by atomic mass is 10.1. The summed E-state index contributed by atoms with van der Waals surface area (Å²) in [5.41, 5.74) is 1.24. The summed E-state index contributed by atoms with van der Waals surface area (Å²) in [4.78, 5) is 8.24. The maximum absolute atomic E-state index is 9.54. The van der Waals surface area contributed by atoms with E-state index in [1.54, 1.807) is 0 Å². The van der Waals surface area contributed by atoms with Gasteiger partial charge in [0.15, 0.2) is 0 Å². The summed E-state index contributed by atoms with van der Waals surface area (Å²) in [7, 11) is 0. The molecule has 0 atom stereocenters. The number of quaternary nitrogens is 1. The van der Waals surface area contributed by atoms with Crippen molar-refractivity contribution in [2.45, 2.75) is 6.54 Å². The highest BCUT2D eigenvalue weighted by Crippen LogP contribution is 2.17. The number of aliphatic hydroxyl groups excluding tert-OH is 2. The molecule has 0 amide bonds. The number of rotatable bonds is 8. The van der Waals surface area contributed by atoms with Crippen molar-refractivity contribution in [2.24, 2.45) is 0 Å². The van der Waals surface area contributed by atoms with Crippen LogP contribution in [0.3, 0.4) is 0 Å². The van der Waals surface area contributed by atoms with Crippen LogP contribution in [0, 0.1) is 0 Å². The predicted octanol–water partition coefficient (Wildman–Crippen LogP) is 3.06. The highest BCUT2D eigenvalue weighted by Gasteiger charge is 2.26. The molecular weight excluding hydrogens is 266 g/mol. The number of hydrogen-bond acceptors (Lipinski definition) is 2. The van der Waals surface area contributed by atoms with Crippen molar-refractivity contribution in [1.29, 1.82) is 0 Å². The van der Waals surface area contributed by atoms with Gasteiger partial charge in [0, 0.05) is 5.56 Å². The molecule has 4 nitrogen and oxygen atoms in total. The fourth-order valence-corrected chi connectivity index (χ4v) is 2.29. The molecule has 0 fully saturated rings. The molecule has 21 heavy (non-hydrogen) atoms. The standard InChI is InChI=1S/C16H21NO.CHO2/c1-4-11-17(12-5-2,13-15(3)18)14-16-9-7-6-8-10-16;2-1-3/h4-10H,1-3,11-14H2;(H,2,3)/q;-1/p+1. The van der Waals surface area contributed by atoms with Crippen LogP contribution in [-0.4, -0.2) is 40.8 Å². The molecule has 1 aromatic rings. The van der Waals surface area contributed by atoms with E-state index < -0.39 is 0 Å². The van der Waals surface area contributed by atoms with Gasteiger partial charge in [0.2, 0.25) is 0 Å². The van der Waals surface area contributed by atoms with E-state index in [2.05, 4.69) is 31.9 Å². The zero-order valence-electron chi connectivity index (χ0n) is 12.2. The lowest BCUT2D eigenvalue weighted by Crippen LogP contribution is -2.48. The summed E-state index contributed by atoms with van der Waals surface area (Å²) in [6, 6.07) is 10.3. The van der Waals surface area contributed by atoms with E-state index in [1.807, 2.05) is 30.4 Å². The first kappa shape index (κ1) is 18.7. The van der Waals surface area contributed by atoms with Crippen LogP contribution in [0.25, 0.3) is 0 Å². The second kappa shape index (κ2) is 10.5. The van der Waals surface area contributed by atoms with E-state index in [-0.39, 0.29) is 5.76 Å². The van der Waals surface area contributed by atoms with Crippen LogP contribution in [0.15, 0.2) is 68.0 Å². The number of aliphatic hydroxyl groups is 1. The molecular formula is C17H23NO3. The van der Waals surface area contributed by atoms with Crippen molar-refractivity contribution in [3.63, 3.8) is 0 Å². The third-order valence-corrected chi connectivity index (χ3v) is 2.91. The predicted molar refractivity (Wildman–Crippen MR) is 85.5 cm³/mol. The largest absolute Gasteiger partial charge is 0.665 e. The van der Waals surface area contributed by atoms with Crippen LogP contribution in [0.5, 0.6) is 0 Å². The Kier molecular flexibility index (Phi) is 9.30. The minimum Gasteiger partial charge on any atom is -0.665 e. The number of benzene rings is 1. The SMILES string of the molecule is C=CC[N+](CC=C)(CC(=C)O)Cc1ccccc1.O=[C-]O. The topological polar surface area (TPSA) is 57.5 Å². The maximum atomic E-state index is 9.54. The van der Waals surface area contributed by atoms with Gasteiger partial charge in [0.05, 0.1) is 13.1 Å². The summed E-state index contributed by atoms with van der Waals surface area (Å²) in [5, 5.41) is 16.3. The molecule has 0 aromatic heterocycles. The maximum Gasteiger partial charge on any atom is 0.140 e. The normalized spacial score (nSPS) is 9.90. The fourth-order valence-electron chi connectivity index (χ4n) is 2.29. The van der Waals surface area contributed by atoms with Crippen molar-refractivity contribution in [1.82, 2.24) is 0 Å². The Hall–Kier alpha value is -2.33. The highest BCUT2D eigenvalue weighted by molar-refractivity contribution is 5.34. The molecule has 0 unspecified atom stereocenters. The minimum atomic E-state index is 0.203. The number of nitrogens with zero attached hydrogens (tertiary/aromatic N) is 1.